The van der Waals surface area contributed by atoms with Gasteiger partial charge in [-0.1, -0.05) is 32.0 Å². The van der Waals surface area contributed by atoms with Crippen LogP contribution in [0.25, 0.3) is 0 Å². The summed E-state index contributed by atoms with van der Waals surface area (Å²) >= 11 is 0. The Morgan fingerprint density at radius 2 is 1.48 bits per heavy atom. The van der Waals surface area contributed by atoms with Crippen molar-refractivity contribution in [1.29, 1.82) is 0 Å². The zero-order valence-corrected chi connectivity index (χ0v) is 14.7. The highest BCUT2D eigenvalue weighted by atomic mass is 16.2. The van der Waals surface area contributed by atoms with E-state index in [2.05, 4.69) is 19.2 Å². The number of piperidine rings is 1. The van der Waals surface area contributed by atoms with E-state index in [4.69, 9.17) is 0 Å². The zero-order valence-electron chi connectivity index (χ0n) is 14.7. The first-order chi connectivity index (χ1) is 12.0. The van der Waals surface area contributed by atoms with Gasteiger partial charge in [-0.05, 0) is 54.7 Å². The normalized spacial score (nSPS) is 20.2. The van der Waals surface area contributed by atoms with Crippen LogP contribution in [0.3, 0.4) is 0 Å². The molecule has 1 aliphatic rings. The van der Waals surface area contributed by atoms with Crippen molar-refractivity contribution in [3.8, 4) is 0 Å². The van der Waals surface area contributed by atoms with E-state index in [1.807, 2.05) is 23.1 Å². The van der Waals surface area contributed by atoms with Gasteiger partial charge in [-0.3, -0.25) is 9.59 Å². The minimum Gasteiger partial charge on any atom is -0.338 e. The SMILES string of the molecule is C[C@@H]1C[C@H](C)CN(C(=O)c2ccc(NC(=O)c3ccccc3)cc2)C1. The zero-order chi connectivity index (χ0) is 17.8. The van der Waals surface area contributed by atoms with Crippen LogP contribution in [0.1, 0.15) is 41.0 Å². The van der Waals surface area contributed by atoms with Gasteiger partial charge in [-0.25, -0.2) is 0 Å². The molecule has 0 aliphatic carbocycles. The Labute approximate surface area is 148 Å². The molecule has 1 fully saturated rings. The second kappa shape index (κ2) is 7.51. The lowest BCUT2D eigenvalue weighted by Crippen LogP contribution is -2.42. The molecule has 130 valence electrons. The standard InChI is InChI=1S/C21H24N2O2/c1-15-12-16(2)14-23(13-15)21(25)18-8-10-19(11-9-18)22-20(24)17-6-4-3-5-7-17/h3-11,15-16H,12-14H2,1-2H3,(H,22,24)/t15-,16+. The van der Waals surface area contributed by atoms with Crippen LogP contribution in [0.2, 0.25) is 0 Å². The quantitative estimate of drug-likeness (QED) is 0.919. The third kappa shape index (κ3) is 4.27. The highest BCUT2D eigenvalue weighted by Crippen LogP contribution is 2.23. The lowest BCUT2D eigenvalue weighted by molar-refractivity contribution is 0.0623. The van der Waals surface area contributed by atoms with Crippen LogP contribution in [-0.4, -0.2) is 29.8 Å². The number of likely N-dealkylation sites (tertiary alicyclic amines) is 1. The van der Waals surface area contributed by atoms with Crippen molar-refractivity contribution in [3.05, 3.63) is 65.7 Å². The summed E-state index contributed by atoms with van der Waals surface area (Å²) in [6.07, 6.45) is 1.17. The van der Waals surface area contributed by atoms with Crippen molar-refractivity contribution >= 4 is 17.5 Å². The van der Waals surface area contributed by atoms with E-state index in [0.29, 0.717) is 28.7 Å². The number of benzene rings is 2. The van der Waals surface area contributed by atoms with Crippen molar-refractivity contribution in [2.24, 2.45) is 11.8 Å². The van der Waals surface area contributed by atoms with Gasteiger partial charge in [0.1, 0.15) is 0 Å². The molecule has 0 unspecified atom stereocenters. The maximum atomic E-state index is 12.7. The maximum Gasteiger partial charge on any atom is 0.255 e. The first kappa shape index (κ1) is 17.2. The van der Waals surface area contributed by atoms with Crippen LogP contribution in [0.5, 0.6) is 0 Å². The van der Waals surface area contributed by atoms with E-state index in [0.717, 1.165) is 13.1 Å². The van der Waals surface area contributed by atoms with E-state index in [1.165, 1.54) is 6.42 Å². The smallest absolute Gasteiger partial charge is 0.255 e. The molecule has 0 aromatic heterocycles. The number of hydrogen-bond acceptors (Lipinski definition) is 2. The summed E-state index contributed by atoms with van der Waals surface area (Å²) in [6.45, 7) is 6.02. The van der Waals surface area contributed by atoms with Gasteiger partial charge in [0.15, 0.2) is 0 Å². The van der Waals surface area contributed by atoms with Crippen LogP contribution in [-0.2, 0) is 0 Å². The van der Waals surface area contributed by atoms with Crippen molar-refractivity contribution in [3.63, 3.8) is 0 Å². The lowest BCUT2D eigenvalue weighted by atomic mass is 9.91. The fourth-order valence-corrected chi connectivity index (χ4v) is 3.50. The molecule has 1 heterocycles. The Hall–Kier alpha value is -2.62. The molecular formula is C21H24N2O2. The van der Waals surface area contributed by atoms with Crippen LogP contribution in [0, 0.1) is 11.8 Å². The molecule has 1 N–H and O–H groups in total. The molecule has 4 nitrogen and oxygen atoms in total. The van der Waals surface area contributed by atoms with Gasteiger partial charge in [-0.15, -0.1) is 0 Å². The second-order valence-corrected chi connectivity index (χ2v) is 7.05. The fourth-order valence-electron chi connectivity index (χ4n) is 3.50. The highest BCUT2D eigenvalue weighted by Gasteiger charge is 2.26. The number of carbonyl (C=O) groups excluding carboxylic acids is 2. The summed E-state index contributed by atoms with van der Waals surface area (Å²) < 4.78 is 0. The molecule has 2 aromatic carbocycles. The van der Waals surface area contributed by atoms with Gasteiger partial charge in [-0.2, -0.15) is 0 Å². The monoisotopic (exact) mass is 336 g/mol. The van der Waals surface area contributed by atoms with E-state index in [-0.39, 0.29) is 11.8 Å². The number of carbonyl (C=O) groups is 2. The fraction of sp³-hybridized carbons (Fsp3) is 0.333. The number of nitrogens with zero attached hydrogens (tertiary/aromatic N) is 1. The van der Waals surface area contributed by atoms with Crippen molar-refractivity contribution < 1.29 is 9.59 Å². The van der Waals surface area contributed by atoms with E-state index in [9.17, 15) is 9.59 Å². The number of amides is 2. The summed E-state index contributed by atoms with van der Waals surface area (Å²) in [5.74, 6) is 0.993. The number of hydrogen-bond donors (Lipinski definition) is 1. The first-order valence-electron chi connectivity index (χ1n) is 8.78. The third-order valence-corrected chi connectivity index (χ3v) is 4.58. The molecule has 1 saturated heterocycles. The summed E-state index contributed by atoms with van der Waals surface area (Å²) in [5.41, 5.74) is 1.96. The van der Waals surface area contributed by atoms with Crippen LogP contribution in [0.4, 0.5) is 5.69 Å². The second-order valence-electron chi connectivity index (χ2n) is 7.05. The maximum absolute atomic E-state index is 12.7. The molecule has 2 amide bonds. The molecule has 1 aliphatic heterocycles. The minimum atomic E-state index is -0.154. The van der Waals surface area contributed by atoms with Crippen LogP contribution >= 0.6 is 0 Å². The Kier molecular flexibility index (Phi) is 5.17. The summed E-state index contributed by atoms with van der Waals surface area (Å²) in [6, 6.07) is 16.2. The van der Waals surface area contributed by atoms with E-state index < -0.39 is 0 Å². The molecule has 0 radical (unpaired) electrons. The molecule has 2 aromatic rings. The third-order valence-electron chi connectivity index (χ3n) is 4.58. The Bertz CT molecular complexity index is 730. The predicted molar refractivity (Wildman–Crippen MR) is 99.7 cm³/mol. The molecule has 0 bridgehead atoms. The molecule has 2 atom stereocenters. The lowest BCUT2D eigenvalue weighted by Gasteiger charge is -2.35. The van der Waals surface area contributed by atoms with Gasteiger partial charge in [0, 0.05) is 29.9 Å². The summed E-state index contributed by atoms with van der Waals surface area (Å²) in [5, 5.41) is 2.85. The number of rotatable bonds is 3. The molecule has 0 saturated carbocycles. The minimum absolute atomic E-state index is 0.0688. The summed E-state index contributed by atoms with van der Waals surface area (Å²) in [7, 11) is 0. The topological polar surface area (TPSA) is 49.4 Å². The number of nitrogens with one attached hydrogen (secondary N) is 1. The summed E-state index contributed by atoms with van der Waals surface area (Å²) in [4.78, 5) is 26.8. The Morgan fingerprint density at radius 3 is 2.08 bits per heavy atom. The molecule has 25 heavy (non-hydrogen) atoms. The van der Waals surface area contributed by atoms with E-state index >= 15 is 0 Å². The van der Waals surface area contributed by atoms with Crippen molar-refractivity contribution in [2.45, 2.75) is 20.3 Å². The first-order valence-corrected chi connectivity index (χ1v) is 8.78. The average Bonchev–Trinajstić information content (AvgIpc) is 2.61. The van der Waals surface area contributed by atoms with Crippen LogP contribution in [0.15, 0.2) is 54.6 Å². The number of anilines is 1. The van der Waals surface area contributed by atoms with E-state index in [1.54, 1.807) is 36.4 Å². The predicted octanol–water partition coefficient (Wildman–Crippen LogP) is 4.06. The van der Waals surface area contributed by atoms with Gasteiger partial charge in [0.2, 0.25) is 0 Å². The molecule has 3 rings (SSSR count). The van der Waals surface area contributed by atoms with Gasteiger partial charge in [0.05, 0.1) is 0 Å². The van der Waals surface area contributed by atoms with Crippen molar-refractivity contribution in [2.75, 3.05) is 18.4 Å². The molecule has 4 heteroatoms. The highest BCUT2D eigenvalue weighted by molar-refractivity contribution is 6.04. The molecule has 0 spiro atoms. The van der Waals surface area contributed by atoms with Gasteiger partial charge >= 0.3 is 0 Å². The van der Waals surface area contributed by atoms with Crippen LogP contribution < -0.4 is 5.32 Å². The largest absolute Gasteiger partial charge is 0.338 e. The van der Waals surface area contributed by atoms with Gasteiger partial charge < -0.3 is 10.2 Å². The van der Waals surface area contributed by atoms with Crippen molar-refractivity contribution in [1.82, 2.24) is 4.90 Å². The molecular weight excluding hydrogens is 312 g/mol. The Morgan fingerprint density at radius 1 is 0.880 bits per heavy atom. The average molecular weight is 336 g/mol. The Balaban J connectivity index is 1.66. The van der Waals surface area contributed by atoms with Gasteiger partial charge in [0.25, 0.3) is 11.8 Å².